The summed E-state index contributed by atoms with van der Waals surface area (Å²) in [7, 11) is 0. The number of ether oxygens (including phenoxy) is 5. The SMILES string of the molecule is CCOC(=O)C12COC3(C)OC1(C)OCC3(C(=O)OCC)C2. The van der Waals surface area contributed by atoms with Crippen LogP contribution in [0.2, 0.25) is 0 Å². The number of carbonyl (C=O) groups excluding carboxylic acids is 2. The maximum Gasteiger partial charge on any atom is 0.320 e. The zero-order chi connectivity index (χ0) is 16.2. The van der Waals surface area contributed by atoms with Gasteiger partial charge in [0.2, 0.25) is 0 Å². The number of esters is 2. The third-order valence-corrected chi connectivity index (χ3v) is 5.25. The van der Waals surface area contributed by atoms with Crippen molar-refractivity contribution >= 4 is 11.9 Å². The van der Waals surface area contributed by atoms with Crippen molar-refractivity contribution in [1.29, 1.82) is 0 Å². The highest BCUT2D eigenvalue weighted by Gasteiger charge is 2.81. The Bertz CT molecular complexity index is 476. The molecule has 0 aromatic rings. The monoisotopic (exact) mass is 314 g/mol. The highest BCUT2D eigenvalue weighted by atomic mass is 16.8. The zero-order valence-electron chi connectivity index (χ0n) is 13.4. The van der Waals surface area contributed by atoms with Crippen LogP contribution < -0.4 is 0 Å². The second-order valence-electron chi connectivity index (χ2n) is 6.35. The van der Waals surface area contributed by atoms with Gasteiger partial charge in [-0.2, -0.15) is 0 Å². The molecule has 0 aromatic carbocycles. The van der Waals surface area contributed by atoms with Gasteiger partial charge in [-0.15, -0.1) is 0 Å². The fourth-order valence-corrected chi connectivity index (χ4v) is 3.80. The van der Waals surface area contributed by atoms with Crippen molar-refractivity contribution in [2.75, 3.05) is 26.4 Å². The summed E-state index contributed by atoms with van der Waals surface area (Å²) < 4.78 is 28.0. The van der Waals surface area contributed by atoms with Crippen LogP contribution >= 0.6 is 0 Å². The van der Waals surface area contributed by atoms with Gasteiger partial charge < -0.3 is 23.7 Å². The number of fused-ring (bicyclic) bond motifs is 2. The summed E-state index contributed by atoms with van der Waals surface area (Å²) in [5, 5.41) is 0. The van der Waals surface area contributed by atoms with Crippen LogP contribution in [0.25, 0.3) is 0 Å². The van der Waals surface area contributed by atoms with Crippen molar-refractivity contribution in [2.45, 2.75) is 45.7 Å². The summed E-state index contributed by atoms with van der Waals surface area (Å²) in [5.74, 6) is -3.26. The van der Waals surface area contributed by atoms with E-state index in [1.807, 2.05) is 0 Å². The average Bonchev–Trinajstić information content (AvgIpc) is 2.46. The first-order valence-electron chi connectivity index (χ1n) is 7.62. The van der Waals surface area contributed by atoms with Crippen molar-refractivity contribution in [2.24, 2.45) is 10.8 Å². The average molecular weight is 314 g/mol. The van der Waals surface area contributed by atoms with Crippen LogP contribution in [0.4, 0.5) is 0 Å². The second-order valence-corrected chi connectivity index (χ2v) is 6.35. The van der Waals surface area contributed by atoms with E-state index >= 15 is 0 Å². The fraction of sp³-hybridized carbons (Fsp3) is 0.867. The molecule has 0 saturated carbocycles. The Labute approximate surface area is 129 Å². The van der Waals surface area contributed by atoms with Crippen molar-refractivity contribution in [1.82, 2.24) is 0 Å². The molecule has 5 aliphatic rings. The highest BCUT2D eigenvalue weighted by molar-refractivity contribution is 5.85. The second kappa shape index (κ2) is 4.66. The summed E-state index contributed by atoms with van der Waals surface area (Å²) in [5.41, 5.74) is -2.32. The quantitative estimate of drug-likeness (QED) is 0.716. The molecule has 0 amide bonds. The summed E-state index contributed by atoms with van der Waals surface area (Å²) in [6, 6.07) is 0. The van der Waals surface area contributed by atoms with Gasteiger partial charge in [-0.1, -0.05) is 0 Å². The van der Waals surface area contributed by atoms with E-state index in [0.29, 0.717) is 0 Å². The molecule has 7 nitrogen and oxygen atoms in total. The zero-order valence-corrected chi connectivity index (χ0v) is 13.4. The molecular weight excluding hydrogens is 292 g/mol. The predicted molar refractivity (Wildman–Crippen MR) is 72.5 cm³/mol. The van der Waals surface area contributed by atoms with Crippen molar-refractivity contribution in [3.63, 3.8) is 0 Å². The molecular formula is C15H22O7. The molecule has 4 unspecified atom stereocenters. The van der Waals surface area contributed by atoms with Crippen LogP contribution in [0.5, 0.6) is 0 Å². The van der Waals surface area contributed by atoms with E-state index in [1.54, 1.807) is 27.7 Å². The molecule has 0 aromatic heterocycles. The Morgan fingerprint density at radius 1 is 0.909 bits per heavy atom. The van der Waals surface area contributed by atoms with Crippen LogP contribution in [0.15, 0.2) is 0 Å². The maximum absolute atomic E-state index is 12.6. The van der Waals surface area contributed by atoms with Crippen LogP contribution in [0.1, 0.15) is 34.1 Å². The first-order valence-corrected chi connectivity index (χ1v) is 7.62. The maximum atomic E-state index is 12.6. The molecule has 0 radical (unpaired) electrons. The van der Waals surface area contributed by atoms with E-state index in [-0.39, 0.29) is 32.8 Å². The summed E-state index contributed by atoms with van der Waals surface area (Å²) in [6.07, 6.45) is 0.241. The minimum Gasteiger partial charge on any atom is -0.465 e. The van der Waals surface area contributed by atoms with Gasteiger partial charge >= 0.3 is 11.9 Å². The van der Waals surface area contributed by atoms with Crippen LogP contribution in [0, 0.1) is 10.8 Å². The van der Waals surface area contributed by atoms with Gasteiger partial charge in [-0.25, -0.2) is 0 Å². The number of hydrogen-bond donors (Lipinski definition) is 0. The summed E-state index contributed by atoms with van der Waals surface area (Å²) >= 11 is 0. The molecule has 4 atom stereocenters. The summed E-state index contributed by atoms with van der Waals surface area (Å²) in [4.78, 5) is 25.2. The third kappa shape index (κ3) is 1.62. The van der Waals surface area contributed by atoms with E-state index in [9.17, 15) is 9.59 Å². The molecule has 124 valence electrons. The van der Waals surface area contributed by atoms with Crippen LogP contribution in [0.3, 0.4) is 0 Å². The normalized spacial score (nSPS) is 45.6. The minimum absolute atomic E-state index is 0.0972. The van der Waals surface area contributed by atoms with Gasteiger partial charge in [0.1, 0.15) is 10.8 Å². The molecule has 5 rings (SSSR count). The van der Waals surface area contributed by atoms with Crippen molar-refractivity contribution in [3.8, 4) is 0 Å². The Kier molecular flexibility index (Phi) is 3.33. The lowest BCUT2D eigenvalue weighted by Gasteiger charge is -2.69. The number of rotatable bonds is 4. The van der Waals surface area contributed by atoms with Crippen LogP contribution in [-0.2, 0) is 33.3 Å². The molecule has 0 N–H and O–H groups in total. The van der Waals surface area contributed by atoms with Gasteiger partial charge in [0, 0.05) is 0 Å². The van der Waals surface area contributed by atoms with E-state index < -0.39 is 34.3 Å². The van der Waals surface area contributed by atoms with E-state index in [1.165, 1.54) is 0 Å². The van der Waals surface area contributed by atoms with Crippen LogP contribution in [-0.4, -0.2) is 49.9 Å². The van der Waals surface area contributed by atoms with E-state index in [2.05, 4.69) is 0 Å². The largest absolute Gasteiger partial charge is 0.465 e. The number of hydrogen-bond acceptors (Lipinski definition) is 7. The highest BCUT2D eigenvalue weighted by Crippen LogP contribution is 2.66. The molecule has 22 heavy (non-hydrogen) atoms. The number of carbonyl (C=O) groups is 2. The standard InChI is InChI=1S/C15H22O7/c1-5-18-10(16)14-7-15(11(17)19-6-2)9-21-12(14,3)22-13(15,4)20-8-14/h5-9H2,1-4H3. The Hall–Kier alpha value is -1.18. The van der Waals surface area contributed by atoms with Gasteiger partial charge in [-0.05, 0) is 34.1 Å². The smallest absolute Gasteiger partial charge is 0.320 e. The first-order chi connectivity index (χ1) is 10.3. The molecule has 5 saturated heterocycles. The molecule has 5 aliphatic heterocycles. The lowest BCUT2D eigenvalue weighted by molar-refractivity contribution is -0.523. The van der Waals surface area contributed by atoms with Gasteiger partial charge in [0.15, 0.2) is 11.6 Å². The molecule has 7 heteroatoms. The predicted octanol–water partition coefficient (Wildman–Crippen LogP) is 0.998. The fourth-order valence-electron chi connectivity index (χ4n) is 3.80. The summed E-state index contributed by atoms with van der Waals surface area (Å²) in [6.45, 7) is 7.54. The van der Waals surface area contributed by atoms with Crippen molar-refractivity contribution in [3.05, 3.63) is 0 Å². The lowest BCUT2D eigenvalue weighted by atomic mass is 9.57. The topological polar surface area (TPSA) is 80.3 Å². The van der Waals surface area contributed by atoms with E-state index in [4.69, 9.17) is 23.7 Å². The third-order valence-electron chi connectivity index (χ3n) is 5.25. The molecule has 5 heterocycles. The Balaban J connectivity index is 2.06. The van der Waals surface area contributed by atoms with Crippen molar-refractivity contribution < 1.29 is 33.3 Å². The first kappa shape index (κ1) is 15.7. The Morgan fingerprint density at radius 2 is 1.32 bits per heavy atom. The lowest BCUT2D eigenvalue weighted by Crippen LogP contribution is -2.82. The molecule has 4 bridgehead atoms. The van der Waals surface area contributed by atoms with Gasteiger partial charge in [0.05, 0.1) is 26.4 Å². The van der Waals surface area contributed by atoms with E-state index in [0.717, 1.165) is 0 Å². The Morgan fingerprint density at radius 3 is 1.68 bits per heavy atom. The van der Waals surface area contributed by atoms with Gasteiger partial charge in [-0.3, -0.25) is 9.59 Å². The van der Waals surface area contributed by atoms with Gasteiger partial charge in [0.25, 0.3) is 0 Å². The molecule has 0 aliphatic carbocycles. The minimum atomic E-state index is -1.17. The molecule has 0 spiro atoms. The molecule has 5 fully saturated rings.